The fraction of sp³-hybridized carbons (Fsp3) is 0.615. The molecule has 0 spiro atoms. The summed E-state index contributed by atoms with van der Waals surface area (Å²) in [4.78, 5) is 23.7. The van der Waals surface area contributed by atoms with Crippen molar-refractivity contribution < 1.29 is 9.90 Å². The molecule has 6 nitrogen and oxygen atoms in total. The zero-order chi connectivity index (χ0) is 13.8. The van der Waals surface area contributed by atoms with Gasteiger partial charge in [0.15, 0.2) is 0 Å². The lowest BCUT2D eigenvalue weighted by atomic mass is 10.2. The van der Waals surface area contributed by atoms with E-state index in [-0.39, 0.29) is 5.56 Å². The van der Waals surface area contributed by atoms with Crippen molar-refractivity contribution in [2.24, 2.45) is 0 Å². The molecule has 0 amide bonds. The van der Waals surface area contributed by atoms with Crippen LogP contribution in [0.2, 0.25) is 0 Å². The molecule has 0 saturated carbocycles. The first-order valence-electron chi connectivity index (χ1n) is 6.52. The Morgan fingerprint density at radius 3 is 3.05 bits per heavy atom. The van der Waals surface area contributed by atoms with Gasteiger partial charge >= 0.3 is 5.97 Å². The number of aromatic carboxylic acids is 1. The molecule has 19 heavy (non-hydrogen) atoms. The van der Waals surface area contributed by atoms with Crippen molar-refractivity contribution in [2.75, 3.05) is 26.7 Å². The predicted octanol–water partition coefficient (Wildman–Crippen LogP) is 0.701. The first-order chi connectivity index (χ1) is 9.08. The van der Waals surface area contributed by atoms with Crippen LogP contribution in [0.4, 0.5) is 0 Å². The number of hydrogen-bond donors (Lipinski definition) is 1. The highest BCUT2D eigenvalue weighted by atomic mass is 16.4. The molecular formula is C13H20N4O2. The largest absolute Gasteiger partial charge is 0.478 e. The van der Waals surface area contributed by atoms with Crippen molar-refractivity contribution in [3.8, 4) is 0 Å². The topological polar surface area (TPSA) is 69.6 Å². The quantitative estimate of drug-likeness (QED) is 0.866. The molecule has 1 saturated heterocycles. The zero-order valence-electron chi connectivity index (χ0n) is 11.4. The van der Waals surface area contributed by atoms with Crippen molar-refractivity contribution >= 4 is 5.97 Å². The van der Waals surface area contributed by atoms with E-state index < -0.39 is 5.97 Å². The van der Waals surface area contributed by atoms with Crippen molar-refractivity contribution in [1.29, 1.82) is 0 Å². The van der Waals surface area contributed by atoms with Crippen molar-refractivity contribution in [1.82, 2.24) is 19.8 Å². The Morgan fingerprint density at radius 2 is 2.32 bits per heavy atom. The summed E-state index contributed by atoms with van der Waals surface area (Å²) in [5.41, 5.74) is 0.797. The lowest BCUT2D eigenvalue weighted by Gasteiger charge is -2.27. The number of hydrogen-bond acceptors (Lipinski definition) is 5. The first kappa shape index (κ1) is 13.9. The molecule has 1 atom stereocenters. The Kier molecular flexibility index (Phi) is 4.44. The molecule has 1 aromatic rings. The van der Waals surface area contributed by atoms with Gasteiger partial charge < -0.3 is 10.0 Å². The van der Waals surface area contributed by atoms with Gasteiger partial charge in [0.2, 0.25) is 0 Å². The van der Waals surface area contributed by atoms with Gasteiger partial charge in [-0.25, -0.2) is 14.8 Å². The molecule has 6 heteroatoms. The molecule has 0 radical (unpaired) electrons. The number of carboxylic acid groups (broad SMARTS) is 1. The van der Waals surface area contributed by atoms with Crippen LogP contribution in [-0.2, 0) is 6.54 Å². The van der Waals surface area contributed by atoms with Crippen LogP contribution in [0.25, 0.3) is 0 Å². The van der Waals surface area contributed by atoms with Crippen LogP contribution in [0.3, 0.4) is 0 Å². The van der Waals surface area contributed by atoms with E-state index in [0.29, 0.717) is 18.3 Å². The van der Waals surface area contributed by atoms with E-state index in [2.05, 4.69) is 33.7 Å². The highest BCUT2D eigenvalue weighted by Gasteiger charge is 2.22. The molecular weight excluding hydrogens is 244 g/mol. The molecule has 1 aromatic heterocycles. The maximum absolute atomic E-state index is 11.2. The summed E-state index contributed by atoms with van der Waals surface area (Å²) in [5, 5.41) is 9.15. The van der Waals surface area contributed by atoms with Gasteiger partial charge in [-0.3, -0.25) is 4.90 Å². The zero-order valence-corrected chi connectivity index (χ0v) is 11.4. The second-order valence-corrected chi connectivity index (χ2v) is 5.12. The summed E-state index contributed by atoms with van der Waals surface area (Å²) >= 11 is 0. The molecule has 1 aliphatic heterocycles. The number of rotatable bonds is 3. The van der Waals surface area contributed by atoms with E-state index in [1.807, 2.05) is 0 Å². The van der Waals surface area contributed by atoms with Crippen molar-refractivity contribution in [3.63, 3.8) is 0 Å². The molecule has 0 bridgehead atoms. The van der Waals surface area contributed by atoms with Crippen molar-refractivity contribution in [3.05, 3.63) is 23.8 Å². The van der Waals surface area contributed by atoms with Crippen LogP contribution in [0, 0.1) is 0 Å². The minimum Gasteiger partial charge on any atom is -0.478 e. The van der Waals surface area contributed by atoms with Crippen LogP contribution < -0.4 is 0 Å². The first-order valence-corrected chi connectivity index (χ1v) is 6.52. The fourth-order valence-electron chi connectivity index (χ4n) is 2.51. The highest BCUT2D eigenvalue weighted by molar-refractivity contribution is 5.88. The molecule has 1 aliphatic rings. The van der Waals surface area contributed by atoms with E-state index >= 15 is 0 Å². The summed E-state index contributed by atoms with van der Waals surface area (Å²) in [6, 6.07) is 0.393. The second-order valence-electron chi connectivity index (χ2n) is 5.12. The molecule has 2 rings (SSSR count). The SMILES string of the molecule is CC1CN(C)CCCN1Cc1ncncc1C(=O)O. The van der Waals surface area contributed by atoms with Gasteiger partial charge in [-0.1, -0.05) is 0 Å². The lowest BCUT2D eigenvalue weighted by molar-refractivity contribution is 0.0692. The monoisotopic (exact) mass is 264 g/mol. The number of aromatic nitrogens is 2. The van der Waals surface area contributed by atoms with E-state index in [4.69, 9.17) is 5.11 Å². The van der Waals surface area contributed by atoms with E-state index in [9.17, 15) is 4.79 Å². The normalized spacial score (nSPS) is 22.1. The van der Waals surface area contributed by atoms with Gasteiger partial charge in [-0.05, 0) is 26.9 Å². The van der Waals surface area contributed by atoms with Gasteiger partial charge in [0.25, 0.3) is 0 Å². The Bertz CT molecular complexity index is 452. The summed E-state index contributed by atoms with van der Waals surface area (Å²) in [7, 11) is 2.12. The fourth-order valence-corrected chi connectivity index (χ4v) is 2.51. The maximum Gasteiger partial charge on any atom is 0.339 e. The van der Waals surface area contributed by atoms with Gasteiger partial charge in [-0.2, -0.15) is 0 Å². The highest BCUT2D eigenvalue weighted by Crippen LogP contribution is 2.14. The molecule has 1 unspecified atom stereocenters. The molecule has 0 aliphatic carbocycles. The third kappa shape index (κ3) is 3.48. The van der Waals surface area contributed by atoms with Gasteiger partial charge in [-0.15, -0.1) is 0 Å². The minimum atomic E-state index is -0.963. The number of nitrogens with zero attached hydrogens (tertiary/aromatic N) is 4. The van der Waals surface area contributed by atoms with Gasteiger partial charge in [0.1, 0.15) is 11.9 Å². The predicted molar refractivity (Wildman–Crippen MR) is 71.0 cm³/mol. The number of carboxylic acids is 1. The third-order valence-corrected chi connectivity index (χ3v) is 3.56. The average Bonchev–Trinajstić information content (AvgIpc) is 2.52. The second kappa shape index (κ2) is 6.08. The Labute approximate surface area is 113 Å². The average molecular weight is 264 g/mol. The number of carbonyl (C=O) groups is 1. The van der Waals surface area contributed by atoms with Crippen LogP contribution in [-0.4, -0.2) is 63.6 Å². The summed E-state index contributed by atoms with van der Waals surface area (Å²) < 4.78 is 0. The van der Waals surface area contributed by atoms with Crippen LogP contribution in [0.1, 0.15) is 29.4 Å². The smallest absolute Gasteiger partial charge is 0.339 e. The Morgan fingerprint density at radius 1 is 1.53 bits per heavy atom. The molecule has 1 fully saturated rings. The van der Waals surface area contributed by atoms with Crippen LogP contribution >= 0.6 is 0 Å². The van der Waals surface area contributed by atoms with E-state index in [1.54, 1.807) is 0 Å². The van der Waals surface area contributed by atoms with Crippen LogP contribution in [0.5, 0.6) is 0 Å². The lowest BCUT2D eigenvalue weighted by Crippen LogP contribution is -2.38. The molecule has 104 valence electrons. The molecule has 1 N–H and O–H groups in total. The Balaban J connectivity index is 2.14. The van der Waals surface area contributed by atoms with Crippen molar-refractivity contribution in [2.45, 2.75) is 25.9 Å². The van der Waals surface area contributed by atoms with E-state index in [0.717, 1.165) is 26.1 Å². The van der Waals surface area contributed by atoms with Gasteiger partial charge in [0, 0.05) is 31.9 Å². The molecule has 2 heterocycles. The summed E-state index contributed by atoms with van der Waals surface area (Å²) in [6.07, 6.45) is 3.88. The minimum absolute atomic E-state index is 0.201. The van der Waals surface area contributed by atoms with Gasteiger partial charge in [0.05, 0.1) is 5.69 Å². The standard InChI is InChI=1S/C13H20N4O2/c1-10-7-16(2)4-3-5-17(10)8-12-11(13(18)19)6-14-9-15-12/h6,9-10H,3-5,7-8H2,1-2H3,(H,18,19). The third-order valence-electron chi connectivity index (χ3n) is 3.56. The molecule has 0 aromatic carbocycles. The Hall–Kier alpha value is -1.53. The maximum atomic E-state index is 11.2. The van der Waals surface area contributed by atoms with E-state index in [1.165, 1.54) is 12.5 Å². The summed E-state index contributed by atoms with van der Waals surface area (Å²) in [5.74, 6) is -0.963. The summed E-state index contributed by atoms with van der Waals surface area (Å²) in [6.45, 7) is 5.78. The van der Waals surface area contributed by atoms with Crippen LogP contribution in [0.15, 0.2) is 12.5 Å². The number of likely N-dealkylation sites (N-methyl/N-ethyl adjacent to an activating group) is 1.